The molecular formula is C23H24ClN5O4. The van der Waals surface area contributed by atoms with Crippen LogP contribution in [0.5, 0.6) is 5.75 Å². The number of halogens is 1. The first kappa shape index (κ1) is 22.6. The summed E-state index contributed by atoms with van der Waals surface area (Å²) >= 11 is 6.52. The minimum absolute atomic E-state index is 0.0620. The number of aromatic nitrogens is 3. The third kappa shape index (κ3) is 5.25. The minimum atomic E-state index is -0.935. The van der Waals surface area contributed by atoms with Gasteiger partial charge in [0.2, 0.25) is 11.9 Å². The van der Waals surface area contributed by atoms with Gasteiger partial charge >= 0.3 is 5.97 Å². The van der Waals surface area contributed by atoms with Crippen LogP contribution in [-0.4, -0.2) is 38.9 Å². The largest absolute Gasteiger partial charge is 0.497 e. The first-order chi connectivity index (χ1) is 15.9. The Kier molecular flexibility index (Phi) is 6.79. The van der Waals surface area contributed by atoms with Gasteiger partial charge in [-0.05, 0) is 42.2 Å². The van der Waals surface area contributed by atoms with Crippen molar-refractivity contribution in [3.05, 3.63) is 64.7 Å². The predicted molar refractivity (Wildman–Crippen MR) is 124 cm³/mol. The molecule has 9 nitrogen and oxygen atoms in total. The molecule has 1 aliphatic heterocycles. The molecule has 33 heavy (non-hydrogen) atoms. The highest BCUT2D eigenvalue weighted by atomic mass is 35.5. The lowest BCUT2D eigenvalue weighted by Crippen LogP contribution is -2.28. The molecule has 4 rings (SSSR count). The van der Waals surface area contributed by atoms with Crippen LogP contribution in [0.1, 0.15) is 48.9 Å². The van der Waals surface area contributed by atoms with E-state index < -0.39 is 5.97 Å². The number of carboxylic acid groups (broad SMARTS) is 1. The van der Waals surface area contributed by atoms with Gasteiger partial charge in [-0.25, -0.2) is 4.68 Å². The molecule has 2 aromatic carbocycles. The number of rotatable bonds is 8. The van der Waals surface area contributed by atoms with Gasteiger partial charge in [-0.1, -0.05) is 41.9 Å². The van der Waals surface area contributed by atoms with Crippen molar-refractivity contribution >= 4 is 35.4 Å². The van der Waals surface area contributed by atoms with Crippen LogP contribution < -0.4 is 15.4 Å². The van der Waals surface area contributed by atoms with E-state index in [0.29, 0.717) is 17.4 Å². The van der Waals surface area contributed by atoms with Crippen molar-refractivity contribution in [2.45, 2.75) is 37.8 Å². The fourth-order valence-corrected chi connectivity index (χ4v) is 4.14. The second-order valence-electron chi connectivity index (χ2n) is 7.74. The number of hydrogen-bond acceptors (Lipinski definition) is 6. The highest BCUT2D eigenvalue weighted by Crippen LogP contribution is 2.40. The van der Waals surface area contributed by atoms with Crippen LogP contribution in [0.15, 0.2) is 48.5 Å². The van der Waals surface area contributed by atoms with Gasteiger partial charge in [-0.2, -0.15) is 4.98 Å². The van der Waals surface area contributed by atoms with E-state index in [1.165, 1.54) is 0 Å². The van der Waals surface area contributed by atoms with Crippen molar-refractivity contribution < 1.29 is 19.4 Å². The van der Waals surface area contributed by atoms with Crippen LogP contribution in [0, 0.1) is 0 Å². The highest BCUT2D eigenvalue weighted by molar-refractivity contribution is 6.31. The Hall–Kier alpha value is -3.59. The van der Waals surface area contributed by atoms with Crippen LogP contribution in [0.4, 0.5) is 11.9 Å². The molecule has 0 saturated heterocycles. The molecule has 2 heterocycles. The van der Waals surface area contributed by atoms with Crippen molar-refractivity contribution in [1.29, 1.82) is 0 Å². The average Bonchev–Trinajstić information content (AvgIpc) is 3.21. The van der Waals surface area contributed by atoms with E-state index in [-0.39, 0.29) is 43.2 Å². The van der Waals surface area contributed by atoms with E-state index in [4.69, 9.17) is 21.4 Å². The molecule has 0 spiro atoms. The zero-order valence-electron chi connectivity index (χ0n) is 18.0. The van der Waals surface area contributed by atoms with Gasteiger partial charge in [0.1, 0.15) is 5.75 Å². The number of methoxy groups -OCH3 is 1. The lowest BCUT2D eigenvalue weighted by molar-refractivity contribution is -0.137. The van der Waals surface area contributed by atoms with Gasteiger partial charge in [0, 0.05) is 17.9 Å². The first-order valence-corrected chi connectivity index (χ1v) is 11.0. The molecule has 0 bridgehead atoms. The second kappa shape index (κ2) is 9.91. The number of hydrogen-bond donors (Lipinski definition) is 3. The summed E-state index contributed by atoms with van der Waals surface area (Å²) in [5, 5.41) is 19.9. The van der Waals surface area contributed by atoms with Crippen molar-refractivity contribution in [3.63, 3.8) is 0 Å². The zero-order valence-corrected chi connectivity index (χ0v) is 18.7. The lowest BCUT2D eigenvalue weighted by Gasteiger charge is -2.32. The molecule has 0 aliphatic carbocycles. The van der Waals surface area contributed by atoms with Crippen LogP contribution in [0.2, 0.25) is 5.02 Å². The second-order valence-corrected chi connectivity index (χ2v) is 8.15. The third-order valence-electron chi connectivity index (χ3n) is 5.52. The van der Waals surface area contributed by atoms with Crippen LogP contribution in [0.25, 0.3) is 0 Å². The topological polar surface area (TPSA) is 118 Å². The predicted octanol–water partition coefficient (Wildman–Crippen LogP) is 4.28. The Morgan fingerprint density at radius 2 is 1.97 bits per heavy atom. The number of fused-ring (bicyclic) bond motifs is 1. The summed E-state index contributed by atoms with van der Waals surface area (Å²) in [6, 6.07) is 15.1. The molecule has 3 N–H and O–H groups in total. The quantitative estimate of drug-likeness (QED) is 0.450. The van der Waals surface area contributed by atoms with E-state index in [1.807, 2.05) is 48.5 Å². The third-order valence-corrected chi connectivity index (χ3v) is 5.86. The van der Waals surface area contributed by atoms with Crippen molar-refractivity contribution in [3.8, 4) is 5.75 Å². The van der Waals surface area contributed by atoms with Crippen molar-refractivity contribution in [2.24, 2.45) is 0 Å². The smallest absolute Gasteiger partial charge is 0.303 e. The van der Waals surface area contributed by atoms with Crippen molar-refractivity contribution in [1.82, 2.24) is 14.8 Å². The van der Waals surface area contributed by atoms with Crippen molar-refractivity contribution in [2.75, 3.05) is 17.7 Å². The van der Waals surface area contributed by atoms with Gasteiger partial charge in [-0.3, -0.25) is 14.9 Å². The molecule has 172 valence electrons. The maximum Gasteiger partial charge on any atom is 0.303 e. The maximum absolute atomic E-state index is 12.2. The molecule has 0 saturated carbocycles. The van der Waals surface area contributed by atoms with Gasteiger partial charge in [0.25, 0.3) is 5.95 Å². The Morgan fingerprint density at radius 1 is 1.21 bits per heavy atom. The summed E-state index contributed by atoms with van der Waals surface area (Å²) in [6.45, 7) is 0. The average molecular weight is 470 g/mol. The Labute approximate surface area is 195 Å². The van der Waals surface area contributed by atoms with E-state index in [1.54, 1.807) is 11.8 Å². The number of amides is 1. The van der Waals surface area contributed by atoms with Gasteiger partial charge in [0.05, 0.1) is 19.2 Å². The number of anilines is 2. The molecule has 10 heteroatoms. The van der Waals surface area contributed by atoms with Gasteiger partial charge < -0.3 is 15.2 Å². The molecule has 0 unspecified atom stereocenters. The Balaban J connectivity index is 1.61. The summed E-state index contributed by atoms with van der Waals surface area (Å²) in [4.78, 5) is 27.4. The number of ether oxygens (including phenoxy) is 1. The first-order valence-electron chi connectivity index (χ1n) is 10.6. The SMILES string of the molecule is COc1ccc([C@@H]2C[C@H](c3ccccc3Cl)n3nc(NC(=O)CCCC(=O)O)nc3N2)cc1. The number of carbonyl (C=O) groups is 2. The molecular weight excluding hydrogens is 446 g/mol. The molecule has 1 amide bonds. The molecule has 2 atom stereocenters. The standard InChI is InChI=1S/C23H24ClN5O4/c1-33-15-11-9-14(10-12-15)18-13-19(16-5-2-3-6-17(16)24)29-23(25-18)27-22(28-29)26-20(30)7-4-8-21(31)32/h2-3,5-6,9-12,18-19H,4,7-8,13H2,1H3,(H,31,32)(H2,25,26,27,28,30)/t18-,19+/m0/s1. The summed E-state index contributed by atoms with van der Waals surface area (Å²) < 4.78 is 6.99. The molecule has 0 fully saturated rings. The Morgan fingerprint density at radius 3 is 2.67 bits per heavy atom. The summed E-state index contributed by atoms with van der Waals surface area (Å²) in [5.74, 6) is 0.168. The lowest BCUT2D eigenvalue weighted by atomic mass is 9.93. The van der Waals surface area contributed by atoms with Gasteiger partial charge in [-0.15, -0.1) is 5.10 Å². The van der Waals surface area contributed by atoms with Crippen LogP contribution in [-0.2, 0) is 9.59 Å². The Bertz CT molecular complexity index is 1150. The summed E-state index contributed by atoms with van der Waals surface area (Å²) in [7, 11) is 1.63. The summed E-state index contributed by atoms with van der Waals surface area (Å²) in [5.41, 5.74) is 1.96. The fraction of sp³-hybridized carbons (Fsp3) is 0.304. The molecule has 3 aromatic rings. The van der Waals surface area contributed by atoms with E-state index in [9.17, 15) is 9.59 Å². The number of carboxylic acids is 1. The number of benzene rings is 2. The number of aliphatic carboxylic acids is 1. The normalized spacial score (nSPS) is 17.0. The molecule has 1 aromatic heterocycles. The van der Waals surface area contributed by atoms with E-state index in [2.05, 4.69) is 20.7 Å². The summed E-state index contributed by atoms with van der Waals surface area (Å²) in [6.07, 6.45) is 0.916. The minimum Gasteiger partial charge on any atom is -0.497 e. The zero-order chi connectivity index (χ0) is 23.4. The van der Waals surface area contributed by atoms with Crippen LogP contribution in [0.3, 0.4) is 0 Å². The van der Waals surface area contributed by atoms with E-state index >= 15 is 0 Å². The highest BCUT2D eigenvalue weighted by Gasteiger charge is 2.32. The number of nitrogens with one attached hydrogen (secondary N) is 2. The fourth-order valence-electron chi connectivity index (χ4n) is 3.88. The number of carbonyl (C=O) groups excluding carboxylic acids is 1. The molecule has 1 aliphatic rings. The van der Waals surface area contributed by atoms with Crippen LogP contribution >= 0.6 is 11.6 Å². The molecule has 0 radical (unpaired) electrons. The number of nitrogens with zero attached hydrogens (tertiary/aromatic N) is 3. The van der Waals surface area contributed by atoms with Gasteiger partial charge in [0.15, 0.2) is 0 Å². The van der Waals surface area contributed by atoms with E-state index in [0.717, 1.165) is 16.9 Å². The monoisotopic (exact) mass is 469 g/mol. The maximum atomic E-state index is 12.2.